The van der Waals surface area contributed by atoms with Crippen LogP contribution in [0.25, 0.3) is 0 Å². The van der Waals surface area contributed by atoms with Crippen LogP contribution >= 0.6 is 18.1 Å². The molecule has 0 aliphatic heterocycles. The summed E-state index contributed by atoms with van der Waals surface area (Å²) >= 11 is 1.93. The summed E-state index contributed by atoms with van der Waals surface area (Å²) in [6.45, 7) is 2.16. The fourth-order valence-electron chi connectivity index (χ4n) is 0.609. The minimum Gasteiger partial charge on any atom is -0.0436 e. The molecule has 0 aromatic carbocycles. The number of hydrogen-bond donors (Lipinski definition) is 0. The van der Waals surface area contributed by atoms with Crippen LogP contribution in [-0.4, -0.2) is 6.26 Å². The maximum atomic E-state index is 2.29. The van der Waals surface area contributed by atoms with E-state index in [2.05, 4.69) is 36.9 Å². The predicted molar refractivity (Wildman–Crippen MR) is 47.2 cm³/mol. The van der Waals surface area contributed by atoms with Gasteiger partial charge in [-0.2, -0.15) is 0 Å². The highest BCUT2D eigenvalue weighted by atomic mass is 32.7. The minimum absolute atomic E-state index is 0.0386. The lowest BCUT2D eigenvalue weighted by molar-refractivity contribution is 1.51. The molecule has 48 valence electrons. The van der Waals surface area contributed by atoms with Crippen LogP contribution in [0.15, 0.2) is 23.7 Å². The Balaban J connectivity index is 2.88. The molecule has 0 atom stereocenters. The Kier molecular flexibility index (Phi) is 2.56. The molecule has 9 heavy (non-hydrogen) atoms. The Morgan fingerprint density at radius 3 is 2.33 bits per heavy atom. The van der Waals surface area contributed by atoms with Gasteiger partial charge in [-0.05, 0) is 24.6 Å². The van der Waals surface area contributed by atoms with Crippen LogP contribution in [0.3, 0.4) is 0 Å². The molecule has 0 aliphatic rings. The highest BCUT2D eigenvalue weighted by molar-refractivity contribution is 8.52. The summed E-state index contributed by atoms with van der Waals surface area (Å²) in [7, 11) is 0. The molecule has 1 rings (SSSR count). The number of hydrogen-bond acceptors (Lipinski definition) is 1. The highest BCUT2D eigenvalue weighted by Crippen LogP contribution is 2.37. The Bertz CT molecular complexity index is 181. The van der Waals surface area contributed by atoms with E-state index in [4.69, 9.17) is 0 Å². The zero-order valence-electron chi connectivity index (χ0n) is 5.66. The average Bonchev–Trinajstić information content (AvgIpc) is 1.90. The summed E-state index contributed by atoms with van der Waals surface area (Å²) in [5.74, 6) is 4.57. The largest absolute Gasteiger partial charge is 0.194 e. The SMILES string of the molecule is CS[p+]1ccc(C)cc1. The van der Waals surface area contributed by atoms with E-state index in [1.165, 1.54) is 5.56 Å². The monoisotopic (exact) mass is 157 g/mol. The van der Waals surface area contributed by atoms with E-state index >= 15 is 0 Å². The van der Waals surface area contributed by atoms with Gasteiger partial charge in [0.05, 0.1) is 11.4 Å². The van der Waals surface area contributed by atoms with Crippen LogP contribution in [0.4, 0.5) is 0 Å². The quantitative estimate of drug-likeness (QED) is 0.602. The smallest absolute Gasteiger partial charge is 0.0436 e. The topological polar surface area (TPSA) is 0 Å². The summed E-state index contributed by atoms with van der Waals surface area (Å²) in [4.78, 5) is 0. The fourth-order valence-corrected chi connectivity index (χ4v) is 2.81. The van der Waals surface area contributed by atoms with Crippen molar-refractivity contribution in [2.75, 3.05) is 6.26 Å². The van der Waals surface area contributed by atoms with Crippen molar-refractivity contribution >= 4 is 18.1 Å². The van der Waals surface area contributed by atoms with Gasteiger partial charge >= 0.3 is 0 Å². The van der Waals surface area contributed by atoms with E-state index in [1.54, 1.807) is 0 Å². The molecule has 0 radical (unpaired) electrons. The van der Waals surface area contributed by atoms with Gasteiger partial charge in [-0.25, -0.2) is 0 Å². The third-order valence-corrected chi connectivity index (χ3v) is 4.48. The van der Waals surface area contributed by atoms with Crippen LogP contribution in [0.5, 0.6) is 0 Å². The van der Waals surface area contributed by atoms with Crippen LogP contribution < -0.4 is 0 Å². The second-order valence-electron chi connectivity index (χ2n) is 1.92. The molecule has 0 saturated heterocycles. The van der Waals surface area contributed by atoms with Crippen LogP contribution in [-0.2, 0) is 0 Å². The van der Waals surface area contributed by atoms with Gasteiger partial charge in [-0.3, -0.25) is 0 Å². The van der Waals surface area contributed by atoms with Crippen molar-refractivity contribution in [2.45, 2.75) is 6.92 Å². The first-order valence-corrected chi connectivity index (χ1v) is 6.16. The molecule has 0 saturated carbocycles. The lowest BCUT2D eigenvalue weighted by Crippen LogP contribution is -1.62. The summed E-state index contributed by atoms with van der Waals surface area (Å²) in [6, 6.07) is 4.39. The number of aryl methyl sites for hydroxylation is 1. The summed E-state index contributed by atoms with van der Waals surface area (Å²) < 4.78 is 0. The van der Waals surface area contributed by atoms with Crippen molar-refractivity contribution in [3.63, 3.8) is 0 Å². The molecule has 0 amide bonds. The fraction of sp³-hybridized carbons (Fsp3) is 0.286. The molecule has 1 aromatic rings. The highest BCUT2D eigenvalue weighted by Gasteiger charge is 1.98. The molecule has 0 fully saturated rings. The molecule has 0 aliphatic carbocycles. The zero-order valence-corrected chi connectivity index (χ0v) is 7.38. The first-order valence-electron chi connectivity index (χ1n) is 2.85. The maximum absolute atomic E-state index is 2.29. The van der Waals surface area contributed by atoms with E-state index in [1.807, 2.05) is 11.4 Å². The van der Waals surface area contributed by atoms with Crippen LogP contribution in [0.1, 0.15) is 5.56 Å². The van der Waals surface area contributed by atoms with Gasteiger partial charge in [0.1, 0.15) is 11.6 Å². The van der Waals surface area contributed by atoms with Crippen LogP contribution in [0.2, 0.25) is 0 Å². The first kappa shape index (κ1) is 7.11. The van der Waals surface area contributed by atoms with Gasteiger partial charge in [-0.1, -0.05) is 0 Å². The molecule has 2 heteroatoms. The molecular weight excluding hydrogens is 147 g/mol. The molecule has 1 aromatic heterocycles. The summed E-state index contributed by atoms with van der Waals surface area (Å²) in [6.07, 6.45) is 2.15. The second-order valence-corrected chi connectivity index (χ2v) is 5.96. The number of rotatable bonds is 1. The molecule has 1 heterocycles. The molecule has 0 bridgehead atoms. The van der Waals surface area contributed by atoms with Gasteiger partial charge in [-0.15, -0.1) is 0 Å². The van der Waals surface area contributed by atoms with Gasteiger partial charge in [0.2, 0.25) is 0 Å². The van der Waals surface area contributed by atoms with Crippen molar-refractivity contribution in [3.8, 4) is 0 Å². The van der Waals surface area contributed by atoms with E-state index in [-0.39, 0.29) is 6.74 Å². The van der Waals surface area contributed by atoms with Crippen molar-refractivity contribution in [2.24, 2.45) is 0 Å². The van der Waals surface area contributed by atoms with Crippen molar-refractivity contribution in [1.29, 1.82) is 0 Å². The molecule has 0 spiro atoms. The molecular formula is C7H10PS+. The third kappa shape index (κ3) is 2.00. The van der Waals surface area contributed by atoms with Gasteiger partial charge in [0.15, 0.2) is 6.74 Å². The normalized spacial score (nSPS) is 9.56. The maximum Gasteiger partial charge on any atom is 0.194 e. The van der Waals surface area contributed by atoms with E-state index in [0.717, 1.165) is 0 Å². The first-order chi connectivity index (χ1) is 4.33. The van der Waals surface area contributed by atoms with Gasteiger partial charge < -0.3 is 0 Å². The standard InChI is InChI=1S/C7H10PS/c1-7-3-5-8(9-2)6-4-7/h3-6H,1-2H3/q+1. The Hall–Kier alpha value is -0.000000000000000111. The van der Waals surface area contributed by atoms with Gasteiger partial charge in [0, 0.05) is 6.26 Å². The minimum atomic E-state index is 0.0386. The lowest BCUT2D eigenvalue weighted by Gasteiger charge is -1.83. The molecule has 0 N–H and O–H groups in total. The Labute approximate surface area is 61.1 Å². The molecule has 0 unspecified atom stereocenters. The lowest BCUT2D eigenvalue weighted by atomic mass is 10.3. The second kappa shape index (κ2) is 3.24. The summed E-state index contributed by atoms with van der Waals surface area (Å²) in [5, 5.41) is 0. The zero-order chi connectivity index (χ0) is 6.69. The molecule has 0 nitrogen and oxygen atoms in total. The predicted octanol–water partition coefficient (Wildman–Crippen LogP) is 3.39. The van der Waals surface area contributed by atoms with Crippen molar-refractivity contribution in [3.05, 3.63) is 29.3 Å². The summed E-state index contributed by atoms with van der Waals surface area (Å²) in [5.41, 5.74) is 1.36. The van der Waals surface area contributed by atoms with Crippen LogP contribution in [0, 0.1) is 6.92 Å². The van der Waals surface area contributed by atoms with Crippen molar-refractivity contribution < 1.29 is 0 Å². The van der Waals surface area contributed by atoms with E-state index in [0.29, 0.717) is 0 Å². The van der Waals surface area contributed by atoms with E-state index in [9.17, 15) is 0 Å². The Morgan fingerprint density at radius 2 is 1.89 bits per heavy atom. The third-order valence-electron chi connectivity index (χ3n) is 1.18. The van der Waals surface area contributed by atoms with Gasteiger partial charge in [0.25, 0.3) is 0 Å². The Morgan fingerprint density at radius 1 is 1.33 bits per heavy atom. The van der Waals surface area contributed by atoms with E-state index < -0.39 is 0 Å². The average molecular weight is 157 g/mol. The van der Waals surface area contributed by atoms with Crippen molar-refractivity contribution in [1.82, 2.24) is 0 Å².